The van der Waals surface area contributed by atoms with Crippen molar-refractivity contribution >= 4 is 0 Å². The van der Waals surface area contributed by atoms with Gasteiger partial charge in [-0.25, -0.2) is 0 Å². The summed E-state index contributed by atoms with van der Waals surface area (Å²) < 4.78 is 5.07. The van der Waals surface area contributed by atoms with Crippen molar-refractivity contribution in [1.82, 2.24) is 0 Å². The molecule has 0 saturated heterocycles. The molecule has 0 heterocycles. The lowest BCUT2D eigenvalue weighted by Crippen LogP contribution is -2.18. The minimum absolute atomic E-state index is 0.580. The zero-order valence-corrected chi connectivity index (χ0v) is 10.4. The van der Waals surface area contributed by atoms with Crippen molar-refractivity contribution in [2.75, 3.05) is 20.3 Å². The first-order valence-electron chi connectivity index (χ1n) is 6.01. The van der Waals surface area contributed by atoms with Crippen LogP contribution in [0.3, 0.4) is 0 Å². The Morgan fingerprint density at radius 1 is 1.31 bits per heavy atom. The van der Waals surface area contributed by atoms with E-state index in [0.717, 1.165) is 32.4 Å². The van der Waals surface area contributed by atoms with Crippen LogP contribution < -0.4 is 5.73 Å². The Bertz CT molecular complexity index is 299. The van der Waals surface area contributed by atoms with Crippen LogP contribution in [0.2, 0.25) is 0 Å². The average Bonchev–Trinajstić information content (AvgIpc) is 2.30. The number of rotatable bonds is 7. The molecule has 0 aromatic heterocycles. The largest absolute Gasteiger partial charge is 0.385 e. The first-order chi connectivity index (χ1) is 7.77. The number of hydrogen-bond donors (Lipinski definition) is 1. The first-order valence-corrected chi connectivity index (χ1v) is 6.01. The number of hydrogen-bond acceptors (Lipinski definition) is 2. The van der Waals surface area contributed by atoms with Crippen LogP contribution in [0.4, 0.5) is 0 Å². The summed E-state index contributed by atoms with van der Waals surface area (Å²) >= 11 is 0. The van der Waals surface area contributed by atoms with Crippen LogP contribution in [0.1, 0.15) is 24.0 Å². The zero-order chi connectivity index (χ0) is 11.8. The van der Waals surface area contributed by atoms with Crippen LogP contribution >= 0.6 is 0 Å². The first kappa shape index (κ1) is 13.2. The minimum atomic E-state index is 0.580. The Kier molecular flexibility index (Phi) is 6.12. The van der Waals surface area contributed by atoms with Crippen LogP contribution in [0.15, 0.2) is 24.3 Å². The second-order valence-electron chi connectivity index (χ2n) is 4.37. The fourth-order valence-corrected chi connectivity index (χ4v) is 1.97. The molecule has 0 amide bonds. The van der Waals surface area contributed by atoms with Crippen LogP contribution in [-0.4, -0.2) is 20.3 Å². The lowest BCUT2D eigenvalue weighted by molar-refractivity contribution is 0.187. The van der Waals surface area contributed by atoms with Crippen molar-refractivity contribution in [3.63, 3.8) is 0 Å². The molecule has 16 heavy (non-hydrogen) atoms. The summed E-state index contributed by atoms with van der Waals surface area (Å²) in [6, 6.07) is 8.55. The highest BCUT2D eigenvalue weighted by Crippen LogP contribution is 2.16. The van der Waals surface area contributed by atoms with Gasteiger partial charge in [-0.3, -0.25) is 0 Å². The van der Waals surface area contributed by atoms with Gasteiger partial charge in [-0.2, -0.15) is 0 Å². The Labute approximate surface area is 98.8 Å². The van der Waals surface area contributed by atoms with Crippen LogP contribution in [0.25, 0.3) is 0 Å². The second-order valence-corrected chi connectivity index (χ2v) is 4.37. The van der Waals surface area contributed by atoms with E-state index in [2.05, 4.69) is 31.2 Å². The summed E-state index contributed by atoms with van der Waals surface area (Å²) in [6.45, 7) is 3.76. The van der Waals surface area contributed by atoms with Gasteiger partial charge in [0.1, 0.15) is 0 Å². The molecule has 2 heteroatoms. The van der Waals surface area contributed by atoms with E-state index in [9.17, 15) is 0 Å². The fourth-order valence-electron chi connectivity index (χ4n) is 1.97. The van der Waals surface area contributed by atoms with Crippen molar-refractivity contribution in [3.05, 3.63) is 35.4 Å². The van der Waals surface area contributed by atoms with Crippen LogP contribution in [0, 0.1) is 12.8 Å². The van der Waals surface area contributed by atoms with Crippen LogP contribution in [0.5, 0.6) is 0 Å². The third kappa shape index (κ3) is 4.33. The van der Waals surface area contributed by atoms with Gasteiger partial charge in [0, 0.05) is 13.7 Å². The highest BCUT2D eigenvalue weighted by Gasteiger charge is 2.08. The maximum Gasteiger partial charge on any atom is 0.0462 e. The van der Waals surface area contributed by atoms with Crippen molar-refractivity contribution in [3.8, 4) is 0 Å². The maximum absolute atomic E-state index is 5.81. The van der Waals surface area contributed by atoms with Gasteiger partial charge >= 0.3 is 0 Å². The Balaban J connectivity index is 2.46. The lowest BCUT2D eigenvalue weighted by Gasteiger charge is -2.15. The molecule has 2 nitrogen and oxygen atoms in total. The van der Waals surface area contributed by atoms with Crippen molar-refractivity contribution in [2.24, 2.45) is 11.7 Å². The smallest absolute Gasteiger partial charge is 0.0462 e. The molecule has 0 fully saturated rings. The molecule has 0 spiro atoms. The molecule has 90 valence electrons. The highest BCUT2D eigenvalue weighted by atomic mass is 16.5. The summed E-state index contributed by atoms with van der Waals surface area (Å²) in [5, 5.41) is 0. The van der Waals surface area contributed by atoms with E-state index in [4.69, 9.17) is 10.5 Å². The summed E-state index contributed by atoms with van der Waals surface area (Å²) in [5.74, 6) is 0.580. The monoisotopic (exact) mass is 221 g/mol. The van der Waals surface area contributed by atoms with Crippen LogP contribution in [-0.2, 0) is 11.2 Å². The molecule has 1 atom stereocenters. The Morgan fingerprint density at radius 2 is 2.06 bits per heavy atom. The maximum atomic E-state index is 5.81. The molecule has 0 aliphatic rings. The van der Waals surface area contributed by atoms with E-state index >= 15 is 0 Å². The number of nitrogens with two attached hydrogens (primary N) is 1. The van der Waals surface area contributed by atoms with Gasteiger partial charge in [0.25, 0.3) is 0 Å². The number of methoxy groups -OCH3 is 1. The molecular weight excluding hydrogens is 198 g/mol. The minimum Gasteiger partial charge on any atom is -0.385 e. The topological polar surface area (TPSA) is 35.2 Å². The number of ether oxygens (including phenoxy) is 1. The molecule has 2 N–H and O–H groups in total. The van der Waals surface area contributed by atoms with E-state index in [-0.39, 0.29) is 0 Å². The molecule has 0 radical (unpaired) electrons. The molecular formula is C14H23NO. The lowest BCUT2D eigenvalue weighted by atomic mass is 9.93. The highest BCUT2D eigenvalue weighted by molar-refractivity contribution is 5.25. The van der Waals surface area contributed by atoms with Gasteiger partial charge in [-0.05, 0) is 49.8 Å². The molecule has 1 rings (SSSR count). The number of benzene rings is 1. The molecule has 0 saturated carbocycles. The van der Waals surface area contributed by atoms with Crippen molar-refractivity contribution in [2.45, 2.75) is 26.2 Å². The SMILES string of the molecule is COCCCC(CN)Cc1ccccc1C. The van der Waals surface area contributed by atoms with Crippen molar-refractivity contribution in [1.29, 1.82) is 0 Å². The van der Waals surface area contributed by atoms with E-state index in [1.54, 1.807) is 7.11 Å². The fraction of sp³-hybridized carbons (Fsp3) is 0.571. The van der Waals surface area contributed by atoms with Gasteiger partial charge in [0.2, 0.25) is 0 Å². The predicted molar refractivity (Wildman–Crippen MR) is 68.5 cm³/mol. The molecule has 0 aliphatic carbocycles. The zero-order valence-electron chi connectivity index (χ0n) is 10.4. The summed E-state index contributed by atoms with van der Waals surface area (Å²) in [4.78, 5) is 0. The summed E-state index contributed by atoms with van der Waals surface area (Å²) in [7, 11) is 1.75. The number of aryl methyl sites for hydroxylation is 1. The average molecular weight is 221 g/mol. The van der Waals surface area contributed by atoms with Crippen molar-refractivity contribution < 1.29 is 4.74 Å². The van der Waals surface area contributed by atoms with E-state index < -0.39 is 0 Å². The quantitative estimate of drug-likeness (QED) is 0.718. The molecule has 1 aromatic carbocycles. The normalized spacial score (nSPS) is 12.7. The summed E-state index contributed by atoms with van der Waals surface area (Å²) in [6.07, 6.45) is 3.34. The van der Waals surface area contributed by atoms with E-state index in [0.29, 0.717) is 5.92 Å². The van der Waals surface area contributed by atoms with E-state index in [1.807, 2.05) is 0 Å². The van der Waals surface area contributed by atoms with Gasteiger partial charge in [-0.1, -0.05) is 24.3 Å². The molecule has 0 bridgehead atoms. The van der Waals surface area contributed by atoms with Gasteiger partial charge < -0.3 is 10.5 Å². The Morgan fingerprint density at radius 3 is 2.69 bits per heavy atom. The molecule has 0 aliphatic heterocycles. The summed E-state index contributed by atoms with van der Waals surface area (Å²) in [5.41, 5.74) is 8.61. The third-order valence-corrected chi connectivity index (χ3v) is 3.06. The van der Waals surface area contributed by atoms with Gasteiger partial charge in [-0.15, -0.1) is 0 Å². The third-order valence-electron chi connectivity index (χ3n) is 3.06. The second kappa shape index (κ2) is 7.42. The van der Waals surface area contributed by atoms with E-state index in [1.165, 1.54) is 11.1 Å². The van der Waals surface area contributed by atoms with Gasteiger partial charge in [0.05, 0.1) is 0 Å². The standard InChI is InChI=1S/C14H23NO/c1-12-6-3-4-8-14(12)10-13(11-15)7-5-9-16-2/h3-4,6,8,13H,5,7,9-11,15H2,1-2H3. The van der Waals surface area contributed by atoms with Gasteiger partial charge in [0.15, 0.2) is 0 Å². The molecule has 1 unspecified atom stereocenters. The predicted octanol–water partition coefficient (Wildman–Crippen LogP) is 2.54. The molecule has 1 aromatic rings. The Hall–Kier alpha value is -0.860.